The minimum absolute atomic E-state index is 0.241. The summed E-state index contributed by atoms with van der Waals surface area (Å²) >= 11 is 0. The van der Waals surface area contributed by atoms with Gasteiger partial charge in [0.05, 0.1) is 12.2 Å². The van der Waals surface area contributed by atoms with Crippen molar-refractivity contribution in [2.45, 2.75) is 50.2 Å². The van der Waals surface area contributed by atoms with Gasteiger partial charge in [0.1, 0.15) is 5.75 Å². The Morgan fingerprint density at radius 3 is 2.83 bits per heavy atom. The predicted molar refractivity (Wildman–Crippen MR) is 70.6 cm³/mol. The van der Waals surface area contributed by atoms with Gasteiger partial charge in [0.25, 0.3) is 0 Å². The van der Waals surface area contributed by atoms with Crippen molar-refractivity contribution in [3.05, 3.63) is 29.3 Å². The molecule has 0 saturated heterocycles. The van der Waals surface area contributed by atoms with Gasteiger partial charge in [0, 0.05) is 11.6 Å². The molecule has 1 aliphatic heterocycles. The van der Waals surface area contributed by atoms with Gasteiger partial charge in [-0.05, 0) is 44.1 Å². The third-order valence-electron chi connectivity index (χ3n) is 4.29. The lowest BCUT2D eigenvalue weighted by molar-refractivity contribution is -0.00769. The van der Waals surface area contributed by atoms with Crippen LogP contribution < -0.4 is 10.5 Å². The number of rotatable bonds is 1. The summed E-state index contributed by atoms with van der Waals surface area (Å²) in [5.74, 6) is 0.932. The normalized spacial score (nSPS) is 31.6. The Morgan fingerprint density at radius 2 is 2.06 bits per heavy atom. The summed E-state index contributed by atoms with van der Waals surface area (Å²) in [5, 5.41) is 10.9. The van der Waals surface area contributed by atoms with Crippen molar-refractivity contribution in [2.24, 2.45) is 5.73 Å². The van der Waals surface area contributed by atoms with Crippen LogP contribution in [0.15, 0.2) is 18.2 Å². The van der Waals surface area contributed by atoms with Gasteiger partial charge in [-0.2, -0.15) is 0 Å². The summed E-state index contributed by atoms with van der Waals surface area (Å²) < 4.78 is 5.81. The number of para-hydroxylation sites is 1. The van der Waals surface area contributed by atoms with Gasteiger partial charge in [-0.1, -0.05) is 18.2 Å². The van der Waals surface area contributed by atoms with Crippen LogP contribution in [0.2, 0.25) is 0 Å². The molecule has 0 bridgehead atoms. The molecule has 1 fully saturated rings. The topological polar surface area (TPSA) is 55.5 Å². The molecule has 3 heteroatoms. The van der Waals surface area contributed by atoms with Crippen molar-refractivity contribution >= 4 is 0 Å². The number of nitrogens with two attached hydrogens (primary N) is 1. The SMILES string of the molecule is NC1CCC(O)(c2cccc3c2OCCC3)CC1. The third kappa shape index (κ3) is 2.02. The smallest absolute Gasteiger partial charge is 0.128 e. The van der Waals surface area contributed by atoms with E-state index >= 15 is 0 Å². The maximum absolute atomic E-state index is 10.9. The average Bonchev–Trinajstić information content (AvgIpc) is 2.42. The minimum Gasteiger partial charge on any atom is -0.493 e. The highest BCUT2D eigenvalue weighted by molar-refractivity contribution is 5.46. The van der Waals surface area contributed by atoms with E-state index in [2.05, 4.69) is 6.07 Å². The number of aliphatic hydroxyl groups is 1. The summed E-state index contributed by atoms with van der Waals surface area (Å²) in [6.45, 7) is 0.763. The van der Waals surface area contributed by atoms with E-state index in [0.717, 1.165) is 56.4 Å². The van der Waals surface area contributed by atoms with Gasteiger partial charge in [0.15, 0.2) is 0 Å². The van der Waals surface area contributed by atoms with Crippen molar-refractivity contribution in [3.8, 4) is 5.75 Å². The Labute approximate surface area is 108 Å². The largest absolute Gasteiger partial charge is 0.493 e. The zero-order valence-electron chi connectivity index (χ0n) is 10.7. The number of ether oxygens (including phenoxy) is 1. The van der Waals surface area contributed by atoms with E-state index in [1.54, 1.807) is 0 Å². The number of benzene rings is 1. The molecule has 98 valence electrons. The molecule has 3 rings (SSSR count). The van der Waals surface area contributed by atoms with Crippen LogP contribution in [0.25, 0.3) is 0 Å². The van der Waals surface area contributed by atoms with Crippen molar-refractivity contribution in [1.29, 1.82) is 0 Å². The van der Waals surface area contributed by atoms with Crippen LogP contribution >= 0.6 is 0 Å². The van der Waals surface area contributed by atoms with Gasteiger partial charge in [0.2, 0.25) is 0 Å². The molecule has 0 amide bonds. The molecule has 1 aromatic carbocycles. The Balaban J connectivity index is 1.96. The van der Waals surface area contributed by atoms with Gasteiger partial charge >= 0.3 is 0 Å². The number of hydrogen-bond acceptors (Lipinski definition) is 3. The second-order valence-corrected chi connectivity index (χ2v) is 5.61. The Hall–Kier alpha value is -1.06. The van der Waals surface area contributed by atoms with Crippen molar-refractivity contribution in [3.63, 3.8) is 0 Å². The van der Waals surface area contributed by atoms with Gasteiger partial charge < -0.3 is 15.6 Å². The average molecular weight is 247 g/mol. The Morgan fingerprint density at radius 1 is 1.28 bits per heavy atom. The number of fused-ring (bicyclic) bond motifs is 1. The quantitative estimate of drug-likeness (QED) is 0.799. The Kier molecular flexibility index (Phi) is 3.04. The molecule has 3 nitrogen and oxygen atoms in total. The van der Waals surface area contributed by atoms with Crippen LogP contribution in [-0.4, -0.2) is 17.8 Å². The standard InChI is InChI=1S/C15H21NO2/c16-12-6-8-15(17,9-7-12)13-5-1-3-11-4-2-10-18-14(11)13/h1,3,5,12,17H,2,4,6-10,16H2. The fourth-order valence-electron chi connectivity index (χ4n) is 3.14. The highest BCUT2D eigenvalue weighted by atomic mass is 16.5. The van der Waals surface area contributed by atoms with Gasteiger partial charge in [-0.3, -0.25) is 0 Å². The fraction of sp³-hybridized carbons (Fsp3) is 0.600. The van der Waals surface area contributed by atoms with Crippen LogP contribution in [0.5, 0.6) is 5.75 Å². The second kappa shape index (κ2) is 4.56. The highest BCUT2D eigenvalue weighted by Crippen LogP contribution is 2.43. The van der Waals surface area contributed by atoms with Gasteiger partial charge in [-0.15, -0.1) is 0 Å². The van der Waals surface area contributed by atoms with Crippen LogP contribution in [0.4, 0.5) is 0 Å². The predicted octanol–water partition coefficient (Wildman–Crippen LogP) is 2.10. The second-order valence-electron chi connectivity index (χ2n) is 5.61. The minimum atomic E-state index is -0.738. The first-order chi connectivity index (χ1) is 8.69. The number of hydrogen-bond donors (Lipinski definition) is 2. The molecule has 0 radical (unpaired) electrons. The monoisotopic (exact) mass is 247 g/mol. The molecule has 0 aromatic heterocycles. The van der Waals surface area contributed by atoms with Crippen LogP contribution in [0.3, 0.4) is 0 Å². The summed E-state index contributed by atoms with van der Waals surface area (Å²) in [5.41, 5.74) is 7.41. The third-order valence-corrected chi connectivity index (χ3v) is 4.29. The molecule has 1 aliphatic carbocycles. The van der Waals surface area contributed by atoms with E-state index in [1.807, 2.05) is 12.1 Å². The first-order valence-corrected chi connectivity index (χ1v) is 6.92. The lowest BCUT2D eigenvalue weighted by Gasteiger charge is -2.37. The molecule has 1 saturated carbocycles. The summed E-state index contributed by atoms with van der Waals surface area (Å²) in [6, 6.07) is 6.40. The molecule has 2 aliphatic rings. The van der Waals surface area contributed by atoms with Crippen molar-refractivity contribution in [1.82, 2.24) is 0 Å². The van der Waals surface area contributed by atoms with E-state index in [4.69, 9.17) is 10.5 Å². The van der Waals surface area contributed by atoms with Crippen LogP contribution in [-0.2, 0) is 12.0 Å². The zero-order chi connectivity index (χ0) is 12.6. The molecule has 1 aromatic rings. The van der Waals surface area contributed by atoms with E-state index in [9.17, 15) is 5.11 Å². The van der Waals surface area contributed by atoms with E-state index in [-0.39, 0.29) is 6.04 Å². The van der Waals surface area contributed by atoms with Crippen molar-refractivity contribution in [2.75, 3.05) is 6.61 Å². The van der Waals surface area contributed by atoms with E-state index < -0.39 is 5.60 Å². The van der Waals surface area contributed by atoms with E-state index in [1.165, 1.54) is 5.56 Å². The molecular weight excluding hydrogens is 226 g/mol. The number of aryl methyl sites for hydroxylation is 1. The maximum Gasteiger partial charge on any atom is 0.128 e. The van der Waals surface area contributed by atoms with E-state index in [0.29, 0.717) is 0 Å². The molecule has 18 heavy (non-hydrogen) atoms. The zero-order valence-corrected chi connectivity index (χ0v) is 10.7. The summed E-state index contributed by atoms with van der Waals surface area (Å²) in [7, 11) is 0. The lowest BCUT2D eigenvalue weighted by atomic mass is 9.77. The molecular formula is C15H21NO2. The summed E-state index contributed by atoms with van der Waals surface area (Å²) in [6.07, 6.45) is 5.39. The molecule has 0 atom stereocenters. The summed E-state index contributed by atoms with van der Waals surface area (Å²) in [4.78, 5) is 0. The lowest BCUT2D eigenvalue weighted by Crippen LogP contribution is -2.37. The highest BCUT2D eigenvalue weighted by Gasteiger charge is 2.37. The van der Waals surface area contributed by atoms with Crippen LogP contribution in [0, 0.1) is 0 Å². The first kappa shape index (κ1) is 12.0. The van der Waals surface area contributed by atoms with Crippen LogP contribution in [0.1, 0.15) is 43.2 Å². The molecule has 3 N–H and O–H groups in total. The Bertz CT molecular complexity index is 436. The fourth-order valence-corrected chi connectivity index (χ4v) is 3.14. The molecule has 0 unspecified atom stereocenters. The first-order valence-electron chi connectivity index (χ1n) is 6.92. The maximum atomic E-state index is 10.9. The van der Waals surface area contributed by atoms with Gasteiger partial charge in [-0.25, -0.2) is 0 Å². The van der Waals surface area contributed by atoms with Crippen molar-refractivity contribution < 1.29 is 9.84 Å². The molecule has 1 heterocycles. The molecule has 0 spiro atoms.